The lowest BCUT2D eigenvalue weighted by Gasteiger charge is -2.15. The second-order valence-electron chi connectivity index (χ2n) is 5.50. The summed E-state index contributed by atoms with van der Waals surface area (Å²) in [4.78, 5) is 29.2. The Kier molecular flexibility index (Phi) is 6.86. The molecule has 0 fully saturated rings. The van der Waals surface area contributed by atoms with Gasteiger partial charge in [-0.05, 0) is 31.5 Å². The number of benzene rings is 1. The highest BCUT2D eigenvalue weighted by Crippen LogP contribution is 2.24. The molecule has 130 valence electrons. The average molecular weight is 413 g/mol. The molecule has 7 heteroatoms. The lowest BCUT2D eigenvalue weighted by molar-refractivity contribution is -0.139. The molecular weight excluding hydrogens is 392 g/mol. The number of thioether (sulfide) groups is 1. The molecule has 0 amide bonds. The lowest BCUT2D eigenvalue weighted by Crippen LogP contribution is -2.25. The summed E-state index contributed by atoms with van der Waals surface area (Å²) in [5, 5.41) is 0.715. The van der Waals surface area contributed by atoms with Gasteiger partial charge in [-0.2, -0.15) is 0 Å². The molecule has 0 radical (unpaired) electrons. The van der Waals surface area contributed by atoms with E-state index in [1.54, 1.807) is 17.6 Å². The Balaban J connectivity index is 2.49. The minimum Gasteiger partial charge on any atom is -0.468 e. The quantitative estimate of drug-likeness (QED) is 0.297. The number of fused-ring (bicyclic) bond motifs is 1. The van der Waals surface area contributed by atoms with Gasteiger partial charge in [0.05, 0.1) is 18.0 Å². The van der Waals surface area contributed by atoms with Crippen LogP contribution in [0.1, 0.15) is 33.1 Å². The van der Waals surface area contributed by atoms with Gasteiger partial charge in [0.2, 0.25) is 0 Å². The number of carbonyl (C=O) groups is 1. The van der Waals surface area contributed by atoms with Gasteiger partial charge in [0.25, 0.3) is 5.56 Å². The van der Waals surface area contributed by atoms with Gasteiger partial charge in [0.1, 0.15) is 5.25 Å². The van der Waals surface area contributed by atoms with Gasteiger partial charge in [0.15, 0.2) is 5.16 Å². The smallest absolute Gasteiger partial charge is 0.318 e. The maximum atomic E-state index is 12.9. The lowest BCUT2D eigenvalue weighted by atomic mass is 10.2. The van der Waals surface area contributed by atoms with Gasteiger partial charge in [-0.15, -0.1) is 0 Å². The van der Waals surface area contributed by atoms with E-state index in [1.165, 1.54) is 18.9 Å². The van der Waals surface area contributed by atoms with E-state index >= 15 is 0 Å². The zero-order valence-corrected chi connectivity index (χ0v) is 16.4. The fourth-order valence-electron chi connectivity index (χ4n) is 2.35. The predicted octanol–water partition coefficient (Wildman–Crippen LogP) is 4.00. The van der Waals surface area contributed by atoms with E-state index in [-0.39, 0.29) is 11.5 Å². The zero-order chi connectivity index (χ0) is 17.7. The van der Waals surface area contributed by atoms with Crippen molar-refractivity contribution in [3.8, 4) is 0 Å². The highest BCUT2D eigenvalue weighted by molar-refractivity contribution is 9.10. The molecule has 1 aromatic heterocycles. The molecule has 2 rings (SSSR count). The fourth-order valence-corrected chi connectivity index (χ4v) is 3.67. The Morgan fingerprint density at radius 2 is 2.17 bits per heavy atom. The van der Waals surface area contributed by atoms with Crippen molar-refractivity contribution >= 4 is 44.6 Å². The van der Waals surface area contributed by atoms with E-state index in [0.29, 0.717) is 22.6 Å². The Morgan fingerprint density at radius 1 is 1.42 bits per heavy atom. The number of aromatic nitrogens is 2. The first-order chi connectivity index (χ1) is 11.5. The zero-order valence-electron chi connectivity index (χ0n) is 14.0. The molecule has 1 atom stereocenters. The molecule has 2 aromatic rings. The molecule has 0 spiro atoms. The summed E-state index contributed by atoms with van der Waals surface area (Å²) in [6.07, 6.45) is 3.01. The molecule has 5 nitrogen and oxygen atoms in total. The Labute approximate surface area is 153 Å². The largest absolute Gasteiger partial charge is 0.468 e. The molecule has 0 saturated carbocycles. The van der Waals surface area contributed by atoms with Crippen molar-refractivity contribution in [1.29, 1.82) is 0 Å². The topological polar surface area (TPSA) is 61.2 Å². The number of hydrogen-bond acceptors (Lipinski definition) is 5. The predicted molar refractivity (Wildman–Crippen MR) is 101 cm³/mol. The third kappa shape index (κ3) is 4.39. The molecule has 24 heavy (non-hydrogen) atoms. The molecule has 1 unspecified atom stereocenters. The molecule has 0 aliphatic rings. The first kappa shape index (κ1) is 19.0. The normalized spacial score (nSPS) is 12.3. The summed E-state index contributed by atoms with van der Waals surface area (Å²) in [7, 11) is 1.36. The summed E-state index contributed by atoms with van der Waals surface area (Å²) in [6, 6.07) is 5.46. The Bertz CT molecular complexity index is 791. The van der Waals surface area contributed by atoms with E-state index in [9.17, 15) is 9.59 Å². The standard InChI is InChI=1S/C17H21BrN2O3S/c1-4-5-6-9-20-15(21)13-10-12(18)7-8-14(13)19-17(20)24-11(2)16(22)23-3/h7-8,10-11H,4-6,9H2,1-3H3. The fraction of sp³-hybridized carbons (Fsp3) is 0.471. The van der Waals surface area contributed by atoms with E-state index in [4.69, 9.17) is 4.74 Å². The number of halogens is 1. The number of carbonyl (C=O) groups excluding carboxylic acids is 1. The van der Waals surface area contributed by atoms with Gasteiger partial charge >= 0.3 is 5.97 Å². The molecule has 0 saturated heterocycles. The summed E-state index contributed by atoms with van der Waals surface area (Å²) < 4.78 is 7.29. The molecule has 1 heterocycles. The van der Waals surface area contributed by atoms with Gasteiger partial charge < -0.3 is 4.74 Å². The van der Waals surface area contributed by atoms with E-state index in [2.05, 4.69) is 27.8 Å². The molecule has 0 aliphatic carbocycles. The van der Waals surface area contributed by atoms with Gasteiger partial charge in [-0.3, -0.25) is 14.2 Å². The minimum absolute atomic E-state index is 0.0723. The molecule has 0 bridgehead atoms. The molecule has 1 aromatic carbocycles. The second kappa shape index (κ2) is 8.67. The molecule has 0 N–H and O–H groups in total. The van der Waals surface area contributed by atoms with Gasteiger partial charge in [-0.1, -0.05) is 47.5 Å². The third-order valence-electron chi connectivity index (χ3n) is 3.68. The van der Waals surface area contributed by atoms with E-state index < -0.39 is 5.25 Å². The van der Waals surface area contributed by atoms with Crippen LogP contribution in [0.4, 0.5) is 0 Å². The van der Waals surface area contributed by atoms with Crippen molar-refractivity contribution in [3.05, 3.63) is 33.0 Å². The Hall–Kier alpha value is -1.34. The first-order valence-electron chi connectivity index (χ1n) is 7.92. The number of nitrogens with zero attached hydrogens (tertiary/aromatic N) is 2. The Morgan fingerprint density at radius 3 is 2.83 bits per heavy atom. The van der Waals surface area contributed by atoms with Crippen LogP contribution in [0.2, 0.25) is 0 Å². The van der Waals surface area contributed by atoms with E-state index in [1.807, 2.05) is 12.1 Å². The van der Waals surface area contributed by atoms with Crippen LogP contribution in [0, 0.1) is 0 Å². The number of unbranched alkanes of at least 4 members (excludes halogenated alkanes) is 2. The van der Waals surface area contributed by atoms with Crippen LogP contribution >= 0.6 is 27.7 Å². The summed E-state index contributed by atoms with van der Waals surface area (Å²) >= 11 is 4.66. The van der Waals surface area contributed by atoms with Gasteiger partial charge in [-0.25, -0.2) is 4.98 Å². The SMILES string of the molecule is CCCCCn1c(SC(C)C(=O)OC)nc2ccc(Br)cc2c1=O. The van der Waals surface area contributed by atoms with Gasteiger partial charge in [0, 0.05) is 11.0 Å². The van der Waals surface area contributed by atoms with Crippen molar-refractivity contribution in [1.82, 2.24) is 9.55 Å². The molecular formula is C17H21BrN2O3S. The van der Waals surface area contributed by atoms with E-state index in [0.717, 1.165) is 23.7 Å². The minimum atomic E-state index is -0.424. The van der Waals surface area contributed by atoms with Crippen LogP contribution in [0.3, 0.4) is 0 Å². The first-order valence-corrected chi connectivity index (χ1v) is 9.59. The summed E-state index contributed by atoms with van der Waals surface area (Å²) in [5.74, 6) is -0.328. The molecule has 0 aliphatic heterocycles. The van der Waals surface area contributed by atoms with Crippen molar-refractivity contribution in [2.75, 3.05) is 7.11 Å². The highest BCUT2D eigenvalue weighted by atomic mass is 79.9. The third-order valence-corrected chi connectivity index (χ3v) is 5.24. The maximum absolute atomic E-state index is 12.9. The number of hydrogen-bond donors (Lipinski definition) is 0. The number of methoxy groups -OCH3 is 1. The van der Waals surface area contributed by atoms with Crippen LogP contribution in [-0.4, -0.2) is 27.9 Å². The average Bonchev–Trinajstić information content (AvgIpc) is 2.57. The highest BCUT2D eigenvalue weighted by Gasteiger charge is 2.19. The van der Waals surface area contributed by atoms with Crippen LogP contribution in [-0.2, 0) is 16.1 Å². The van der Waals surface area contributed by atoms with Crippen molar-refractivity contribution < 1.29 is 9.53 Å². The van der Waals surface area contributed by atoms with Crippen LogP contribution < -0.4 is 5.56 Å². The van der Waals surface area contributed by atoms with Crippen molar-refractivity contribution in [2.24, 2.45) is 0 Å². The van der Waals surface area contributed by atoms with Crippen LogP contribution in [0.15, 0.2) is 32.6 Å². The number of ether oxygens (including phenoxy) is 1. The number of rotatable bonds is 7. The number of esters is 1. The monoisotopic (exact) mass is 412 g/mol. The van der Waals surface area contributed by atoms with Crippen molar-refractivity contribution in [2.45, 2.75) is 50.1 Å². The second-order valence-corrected chi connectivity index (χ2v) is 7.73. The summed E-state index contributed by atoms with van der Waals surface area (Å²) in [6.45, 7) is 4.47. The van der Waals surface area contributed by atoms with Crippen LogP contribution in [0.5, 0.6) is 0 Å². The van der Waals surface area contributed by atoms with Crippen molar-refractivity contribution in [3.63, 3.8) is 0 Å². The van der Waals surface area contributed by atoms with Crippen LogP contribution in [0.25, 0.3) is 10.9 Å². The maximum Gasteiger partial charge on any atom is 0.318 e. The summed E-state index contributed by atoms with van der Waals surface area (Å²) in [5.41, 5.74) is 0.562.